The molecule has 1 aliphatic rings. The molecule has 0 atom stereocenters. The number of halogens is 1. The summed E-state index contributed by atoms with van der Waals surface area (Å²) in [6.45, 7) is 5.14. The first-order chi connectivity index (χ1) is 18.4. The van der Waals surface area contributed by atoms with Crippen molar-refractivity contribution in [3.63, 3.8) is 0 Å². The van der Waals surface area contributed by atoms with Gasteiger partial charge in [0.2, 0.25) is 5.88 Å². The summed E-state index contributed by atoms with van der Waals surface area (Å²) in [5.74, 6) is 0.426. The Bertz CT molecular complexity index is 1660. The van der Waals surface area contributed by atoms with Crippen LogP contribution in [0.3, 0.4) is 0 Å². The molecule has 0 bridgehead atoms. The lowest BCUT2D eigenvalue weighted by Crippen LogP contribution is -2.17. The van der Waals surface area contributed by atoms with Gasteiger partial charge in [-0.3, -0.25) is 9.89 Å². The summed E-state index contributed by atoms with van der Waals surface area (Å²) in [5, 5.41) is 14.6. The second kappa shape index (κ2) is 9.25. The summed E-state index contributed by atoms with van der Waals surface area (Å²) >= 11 is 0. The molecule has 0 spiro atoms. The maximum atomic E-state index is 13.9. The van der Waals surface area contributed by atoms with Gasteiger partial charge in [0.05, 0.1) is 19.0 Å². The van der Waals surface area contributed by atoms with Crippen molar-refractivity contribution in [2.24, 2.45) is 0 Å². The van der Waals surface area contributed by atoms with E-state index < -0.39 is 0 Å². The quantitative estimate of drug-likeness (QED) is 0.343. The summed E-state index contributed by atoms with van der Waals surface area (Å²) in [4.78, 5) is 24.7. The first-order valence-electron chi connectivity index (χ1n) is 12.2. The van der Waals surface area contributed by atoms with E-state index in [0.717, 1.165) is 27.9 Å². The van der Waals surface area contributed by atoms with Crippen LogP contribution in [0, 0.1) is 5.82 Å². The van der Waals surface area contributed by atoms with E-state index in [0.29, 0.717) is 36.1 Å². The molecule has 0 radical (unpaired) electrons. The Kier molecular flexibility index (Phi) is 5.74. The first kappa shape index (κ1) is 23.6. The molecule has 6 rings (SSSR count). The minimum absolute atomic E-state index is 0.0509. The second-order valence-electron chi connectivity index (χ2n) is 9.45. The van der Waals surface area contributed by atoms with Crippen molar-refractivity contribution < 1.29 is 13.9 Å². The number of methoxy groups -OCH3 is 1. The summed E-state index contributed by atoms with van der Waals surface area (Å²) in [7, 11) is 1.52. The molecule has 5 aromatic rings. The zero-order chi connectivity index (χ0) is 26.4. The Labute approximate surface area is 217 Å². The largest absolute Gasteiger partial charge is 0.481 e. The zero-order valence-corrected chi connectivity index (χ0v) is 21.1. The number of rotatable bonds is 6. The highest BCUT2D eigenvalue weighted by atomic mass is 19.1. The summed E-state index contributed by atoms with van der Waals surface area (Å²) in [6.07, 6.45) is 5.03. The third-order valence-corrected chi connectivity index (χ3v) is 6.61. The lowest BCUT2D eigenvalue weighted by atomic mass is 10.0. The lowest BCUT2D eigenvalue weighted by Gasteiger charge is -2.18. The fourth-order valence-corrected chi connectivity index (χ4v) is 4.79. The van der Waals surface area contributed by atoms with Crippen LogP contribution in [0.5, 0.6) is 5.88 Å². The van der Waals surface area contributed by atoms with Gasteiger partial charge in [0, 0.05) is 54.4 Å². The highest BCUT2D eigenvalue weighted by molar-refractivity contribution is 6.05. The number of anilines is 2. The number of benzene rings is 1. The van der Waals surface area contributed by atoms with Gasteiger partial charge in [0.1, 0.15) is 11.6 Å². The summed E-state index contributed by atoms with van der Waals surface area (Å²) < 4.78 is 20.7. The number of aromatic amines is 1. The maximum Gasteiger partial charge on any atom is 0.276 e. The van der Waals surface area contributed by atoms with Crippen molar-refractivity contribution in [3.05, 3.63) is 83.2 Å². The standard InChI is InChI=1S/C27H25FN8O2/c1-15(2)24-25(27(37)32-20-6-7-29-23(9-20)38-3)34-36-21(18-11-30-31-12-18)10-22(33-26(24)36)35-13-16-4-5-19(28)8-17(16)14-35/h4-12,15H,13-14H2,1-3H3,(H,30,31)(H,29,32,37). The number of H-pyrrole nitrogens is 1. The van der Waals surface area contributed by atoms with Crippen LogP contribution in [0.1, 0.15) is 46.9 Å². The topological polar surface area (TPSA) is 113 Å². The van der Waals surface area contributed by atoms with Crippen molar-refractivity contribution in [2.75, 3.05) is 17.3 Å². The van der Waals surface area contributed by atoms with Crippen LogP contribution in [-0.2, 0) is 13.1 Å². The number of carbonyl (C=O) groups excluding carboxylic acids is 1. The normalized spacial score (nSPS) is 12.8. The van der Waals surface area contributed by atoms with E-state index in [1.54, 1.807) is 41.3 Å². The van der Waals surface area contributed by atoms with Gasteiger partial charge in [-0.25, -0.2) is 18.9 Å². The molecule has 1 aromatic carbocycles. The monoisotopic (exact) mass is 512 g/mol. The van der Waals surface area contributed by atoms with E-state index in [9.17, 15) is 9.18 Å². The molecule has 0 aliphatic carbocycles. The Balaban J connectivity index is 1.47. The third-order valence-electron chi connectivity index (χ3n) is 6.61. The highest BCUT2D eigenvalue weighted by Gasteiger charge is 2.28. The SMILES string of the molecule is COc1cc(NC(=O)c2nn3c(-c4cn[nH]c4)cc(N4Cc5ccc(F)cc5C4)nc3c2C(C)C)ccn1. The Morgan fingerprint density at radius 1 is 1.16 bits per heavy atom. The summed E-state index contributed by atoms with van der Waals surface area (Å²) in [5.41, 5.74) is 5.63. The van der Waals surface area contributed by atoms with Crippen LogP contribution < -0.4 is 15.0 Å². The van der Waals surface area contributed by atoms with Gasteiger partial charge in [0.15, 0.2) is 11.3 Å². The third kappa shape index (κ3) is 4.11. The second-order valence-corrected chi connectivity index (χ2v) is 9.45. The number of nitrogens with zero attached hydrogens (tertiary/aromatic N) is 6. The molecular weight excluding hydrogens is 487 g/mol. The molecule has 4 aromatic heterocycles. The molecule has 1 amide bonds. The van der Waals surface area contributed by atoms with E-state index in [-0.39, 0.29) is 23.3 Å². The predicted molar refractivity (Wildman–Crippen MR) is 140 cm³/mol. The van der Waals surface area contributed by atoms with Crippen LogP contribution in [0.15, 0.2) is 55.0 Å². The smallest absolute Gasteiger partial charge is 0.276 e. The van der Waals surface area contributed by atoms with Crippen LogP contribution in [0.4, 0.5) is 15.9 Å². The first-order valence-corrected chi connectivity index (χ1v) is 12.2. The van der Waals surface area contributed by atoms with Gasteiger partial charge in [-0.1, -0.05) is 19.9 Å². The van der Waals surface area contributed by atoms with Crippen molar-refractivity contribution >= 4 is 23.1 Å². The minimum atomic E-state index is -0.365. The maximum absolute atomic E-state index is 13.9. The molecule has 0 saturated carbocycles. The van der Waals surface area contributed by atoms with Gasteiger partial charge in [0.25, 0.3) is 5.91 Å². The molecule has 2 N–H and O–H groups in total. The number of nitrogens with one attached hydrogen (secondary N) is 2. The predicted octanol–water partition coefficient (Wildman–Crippen LogP) is 4.56. The van der Waals surface area contributed by atoms with E-state index in [1.807, 2.05) is 26.0 Å². The fraction of sp³-hybridized carbons (Fsp3) is 0.222. The Morgan fingerprint density at radius 2 is 2.00 bits per heavy atom. The minimum Gasteiger partial charge on any atom is -0.481 e. The van der Waals surface area contributed by atoms with E-state index in [4.69, 9.17) is 14.8 Å². The Hall–Kier alpha value is -4.80. The van der Waals surface area contributed by atoms with Gasteiger partial charge >= 0.3 is 0 Å². The van der Waals surface area contributed by atoms with Gasteiger partial charge in [-0.15, -0.1) is 0 Å². The van der Waals surface area contributed by atoms with Crippen molar-refractivity contribution in [1.82, 2.24) is 29.8 Å². The van der Waals surface area contributed by atoms with E-state index in [2.05, 4.69) is 25.4 Å². The molecule has 5 heterocycles. The number of hydrogen-bond donors (Lipinski definition) is 2. The lowest BCUT2D eigenvalue weighted by molar-refractivity contribution is 0.102. The fourth-order valence-electron chi connectivity index (χ4n) is 4.79. The van der Waals surface area contributed by atoms with Crippen molar-refractivity contribution in [3.8, 4) is 17.1 Å². The molecule has 1 aliphatic heterocycles. The molecule has 0 unspecified atom stereocenters. The van der Waals surface area contributed by atoms with Crippen LogP contribution in [0.25, 0.3) is 16.9 Å². The van der Waals surface area contributed by atoms with E-state index in [1.165, 1.54) is 13.2 Å². The molecule has 192 valence electrons. The number of pyridine rings is 1. The number of hydrogen-bond acceptors (Lipinski definition) is 7. The van der Waals surface area contributed by atoms with Gasteiger partial charge in [-0.05, 0) is 35.2 Å². The van der Waals surface area contributed by atoms with Gasteiger partial charge < -0.3 is 15.0 Å². The number of aromatic nitrogens is 6. The van der Waals surface area contributed by atoms with E-state index >= 15 is 0 Å². The van der Waals surface area contributed by atoms with Crippen LogP contribution >= 0.6 is 0 Å². The van der Waals surface area contributed by atoms with Crippen LogP contribution in [0.2, 0.25) is 0 Å². The highest BCUT2D eigenvalue weighted by Crippen LogP contribution is 2.34. The van der Waals surface area contributed by atoms with Crippen molar-refractivity contribution in [1.29, 1.82) is 0 Å². The van der Waals surface area contributed by atoms with Gasteiger partial charge in [-0.2, -0.15) is 10.2 Å². The number of amides is 1. The number of fused-ring (bicyclic) bond motifs is 2. The molecule has 11 heteroatoms. The molecular formula is C27H25FN8O2. The molecule has 10 nitrogen and oxygen atoms in total. The van der Waals surface area contributed by atoms with Crippen LogP contribution in [-0.4, -0.2) is 42.8 Å². The molecule has 0 saturated heterocycles. The average Bonchev–Trinajstić information content (AvgIpc) is 3.66. The Morgan fingerprint density at radius 3 is 2.76 bits per heavy atom. The molecule has 38 heavy (non-hydrogen) atoms. The number of carbonyl (C=O) groups is 1. The number of ether oxygens (including phenoxy) is 1. The van der Waals surface area contributed by atoms with Crippen molar-refractivity contribution in [2.45, 2.75) is 32.9 Å². The average molecular weight is 513 g/mol. The molecule has 0 fully saturated rings. The summed E-state index contributed by atoms with van der Waals surface area (Å²) in [6, 6.07) is 10.1. The zero-order valence-electron chi connectivity index (χ0n) is 21.1.